The molecule has 0 fully saturated rings. The van der Waals surface area contributed by atoms with E-state index in [2.05, 4.69) is 53.4 Å². The van der Waals surface area contributed by atoms with Crippen LogP contribution in [-0.2, 0) is 18.2 Å². The van der Waals surface area contributed by atoms with Crippen molar-refractivity contribution in [1.82, 2.24) is 0 Å². The average Bonchev–Trinajstić information content (AvgIpc) is 2.29. The van der Waals surface area contributed by atoms with Crippen LogP contribution in [0.2, 0.25) is 24.7 Å². The van der Waals surface area contributed by atoms with Gasteiger partial charge in [-0.3, -0.25) is 6.08 Å². The van der Waals surface area contributed by atoms with Gasteiger partial charge in [0.25, 0.3) is 0 Å². The van der Waals surface area contributed by atoms with E-state index in [1.54, 1.807) is 5.57 Å². The van der Waals surface area contributed by atoms with Crippen LogP contribution >= 0.6 is 25.5 Å². The molecule has 0 heterocycles. The minimum atomic E-state index is -2.13. The third kappa shape index (κ3) is 4.80. The summed E-state index contributed by atoms with van der Waals surface area (Å²) in [5.74, 6) is 0. The minimum absolute atomic E-state index is 0.265. The Morgan fingerprint density at radius 2 is 1.41 bits per heavy atom. The Hall–Kier alpha value is 1.45. The third-order valence-electron chi connectivity index (χ3n) is 3.81. The maximum atomic E-state index is 5.00. The van der Waals surface area contributed by atoms with Crippen LogP contribution in [0.1, 0.15) is 27.7 Å². The van der Waals surface area contributed by atoms with E-state index in [0.29, 0.717) is 0 Å². The van der Waals surface area contributed by atoms with Crippen LogP contribution in [0.3, 0.4) is 0 Å². The molecule has 1 aliphatic rings. The van der Waals surface area contributed by atoms with Gasteiger partial charge in [0.15, 0.2) is 0 Å². The van der Waals surface area contributed by atoms with Gasteiger partial charge >= 0.3 is 43.7 Å². The van der Waals surface area contributed by atoms with E-state index in [0.717, 1.165) is 0 Å². The molecule has 0 aliphatic heterocycles. The number of hydrogen-bond donors (Lipinski definition) is 0. The van der Waals surface area contributed by atoms with Gasteiger partial charge in [-0.05, 0) is 0 Å². The fourth-order valence-electron chi connectivity index (χ4n) is 1.97. The first kappa shape index (κ1) is 18.4. The molecule has 0 saturated carbocycles. The molecule has 0 spiro atoms. The topological polar surface area (TPSA) is 0 Å². The van der Waals surface area contributed by atoms with Gasteiger partial charge in [-0.15, -0.1) is 6.92 Å². The van der Waals surface area contributed by atoms with Crippen LogP contribution in [0.25, 0.3) is 0 Å². The summed E-state index contributed by atoms with van der Waals surface area (Å²) in [4.78, 5) is 0. The first-order valence-electron chi connectivity index (χ1n) is 5.57. The maximum absolute atomic E-state index is 5.00. The van der Waals surface area contributed by atoms with E-state index in [-0.39, 0.29) is 5.04 Å². The van der Waals surface area contributed by atoms with Gasteiger partial charge in [0, 0.05) is 8.07 Å². The molecule has 1 unspecified atom stereocenters. The summed E-state index contributed by atoms with van der Waals surface area (Å²) in [7, 11) is 13.8. The normalized spacial score (nSPS) is 24.2. The standard InChI is InChI=1S/C12H21Si.3ClH.Zr/c1-9-8-12(4,13(5,6)7)11(3)10(9)2;;;;/h1-7H3;3*1H;/q-1;;;;+3/p-3. The number of rotatable bonds is 1. The first-order chi connectivity index (χ1) is 7.43. The average molecular weight is 391 g/mol. The molecule has 0 aromatic carbocycles. The molecule has 1 aliphatic carbocycles. The summed E-state index contributed by atoms with van der Waals surface area (Å²) < 4.78 is 0. The Balaban J connectivity index is 0.000000557. The van der Waals surface area contributed by atoms with E-state index in [1.165, 1.54) is 11.1 Å². The van der Waals surface area contributed by atoms with Crippen molar-refractivity contribution >= 4 is 33.6 Å². The molecule has 0 aromatic rings. The summed E-state index contributed by atoms with van der Waals surface area (Å²) >= 11 is -2.13. The molecule has 0 N–H and O–H groups in total. The fourth-order valence-corrected chi connectivity index (χ4v) is 3.84. The summed E-state index contributed by atoms with van der Waals surface area (Å²) in [6.07, 6.45) is 3.67. The molecule has 0 radical (unpaired) electrons. The fraction of sp³-hybridized carbons (Fsp3) is 0.667. The van der Waals surface area contributed by atoms with Crippen LogP contribution in [-0.4, -0.2) is 8.07 Å². The van der Waals surface area contributed by atoms with Crippen molar-refractivity contribution in [2.75, 3.05) is 0 Å². The van der Waals surface area contributed by atoms with Gasteiger partial charge in [0.05, 0.1) is 0 Å². The van der Waals surface area contributed by atoms with Crippen molar-refractivity contribution < 1.29 is 18.2 Å². The Labute approximate surface area is 126 Å². The second-order valence-corrected chi connectivity index (χ2v) is 22.3. The summed E-state index contributed by atoms with van der Waals surface area (Å²) in [5.41, 5.74) is 4.37. The summed E-state index contributed by atoms with van der Waals surface area (Å²) in [5, 5.41) is 0.265. The van der Waals surface area contributed by atoms with E-state index in [4.69, 9.17) is 25.5 Å². The van der Waals surface area contributed by atoms with Crippen molar-refractivity contribution in [3.05, 3.63) is 22.8 Å². The zero-order valence-electron chi connectivity index (χ0n) is 11.6. The van der Waals surface area contributed by atoms with Gasteiger partial charge in [0.2, 0.25) is 0 Å². The molecule has 5 heteroatoms. The summed E-state index contributed by atoms with van der Waals surface area (Å²) in [6, 6.07) is 0. The van der Waals surface area contributed by atoms with Crippen LogP contribution in [0.15, 0.2) is 16.7 Å². The Morgan fingerprint density at radius 1 is 1.06 bits per heavy atom. The molecule has 0 aromatic heterocycles. The second-order valence-electron chi connectivity index (χ2n) is 5.59. The van der Waals surface area contributed by atoms with E-state index < -0.39 is 26.2 Å². The number of allylic oxidation sites excluding steroid dienone is 4. The molecule has 1 rings (SSSR count). The molecule has 0 nitrogen and oxygen atoms in total. The molecule has 0 bridgehead atoms. The zero-order valence-corrected chi connectivity index (χ0v) is 17.4. The predicted molar refractivity (Wildman–Crippen MR) is 80.1 cm³/mol. The van der Waals surface area contributed by atoms with Crippen LogP contribution < -0.4 is 0 Å². The van der Waals surface area contributed by atoms with Gasteiger partial charge in [-0.2, -0.15) is 11.1 Å². The summed E-state index contributed by atoms with van der Waals surface area (Å²) in [6.45, 7) is 16.3. The zero-order chi connectivity index (χ0) is 14.0. The number of hydrogen-bond acceptors (Lipinski definition) is 0. The van der Waals surface area contributed by atoms with Crippen molar-refractivity contribution in [1.29, 1.82) is 0 Å². The Bertz CT molecular complexity index is 339. The van der Waals surface area contributed by atoms with Crippen LogP contribution in [0.5, 0.6) is 0 Å². The SMILES string of the molecule is CC1=[C-]C(C)([Si](C)(C)C)C(C)=C1C.[Cl][Zr]([Cl])[Cl]. The van der Waals surface area contributed by atoms with E-state index >= 15 is 0 Å². The van der Waals surface area contributed by atoms with Crippen molar-refractivity contribution in [3.63, 3.8) is 0 Å². The monoisotopic (exact) mass is 388 g/mol. The molecule has 1 atom stereocenters. The van der Waals surface area contributed by atoms with Gasteiger partial charge in [-0.1, -0.05) is 45.5 Å². The molecule has 0 amide bonds. The van der Waals surface area contributed by atoms with E-state index in [1.807, 2.05) is 0 Å². The van der Waals surface area contributed by atoms with Crippen molar-refractivity contribution in [2.45, 2.75) is 52.4 Å². The molecule has 17 heavy (non-hydrogen) atoms. The predicted octanol–water partition coefficient (Wildman–Crippen LogP) is 6.25. The molecule has 99 valence electrons. The molecule has 0 saturated heterocycles. The van der Waals surface area contributed by atoms with E-state index in [9.17, 15) is 0 Å². The van der Waals surface area contributed by atoms with Crippen LogP contribution in [0.4, 0.5) is 0 Å². The second kappa shape index (κ2) is 6.75. The van der Waals surface area contributed by atoms with Crippen molar-refractivity contribution in [2.24, 2.45) is 0 Å². The van der Waals surface area contributed by atoms with Gasteiger partial charge in [0.1, 0.15) is 0 Å². The first-order valence-corrected chi connectivity index (χ1v) is 18.6. The van der Waals surface area contributed by atoms with Gasteiger partial charge < -0.3 is 0 Å². The van der Waals surface area contributed by atoms with Crippen molar-refractivity contribution in [3.8, 4) is 0 Å². The quantitative estimate of drug-likeness (QED) is 0.366. The third-order valence-corrected chi connectivity index (χ3v) is 7.31. The molecular weight excluding hydrogens is 370 g/mol. The Kier molecular flexibility index (Phi) is 7.33. The van der Waals surface area contributed by atoms with Gasteiger partial charge in [-0.25, -0.2) is 5.57 Å². The van der Waals surface area contributed by atoms with Crippen LogP contribution in [0, 0.1) is 6.08 Å². The Morgan fingerprint density at radius 3 is 1.53 bits per heavy atom. The molecular formula is C12H21Cl3SiZr-. The number of halogens is 3.